The lowest BCUT2D eigenvalue weighted by Crippen LogP contribution is -2.33. The number of rotatable bonds is 3. The van der Waals surface area contributed by atoms with Gasteiger partial charge in [-0.05, 0) is 74.1 Å². The Morgan fingerprint density at radius 1 is 0.512 bits per heavy atom. The number of benzene rings is 3. The second-order valence-corrected chi connectivity index (χ2v) is 17.0. The van der Waals surface area contributed by atoms with Gasteiger partial charge in [0.15, 0.2) is 5.69 Å². The smallest absolute Gasteiger partial charge is 0.153 e. The van der Waals surface area contributed by atoms with Crippen molar-refractivity contribution in [2.24, 2.45) is 0 Å². The Kier molecular flexibility index (Phi) is 8.02. The summed E-state index contributed by atoms with van der Waals surface area (Å²) in [4.78, 5) is 1.35. The van der Waals surface area contributed by atoms with Crippen molar-refractivity contribution in [1.29, 1.82) is 0 Å². The molecule has 0 amide bonds. The number of aryl methyl sites for hydroxylation is 1. The summed E-state index contributed by atoms with van der Waals surface area (Å²) in [6, 6.07) is 21.3. The topological polar surface area (TPSA) is 3.88 Å². The van der Waals surface area contributed by atoms with E-state index < -0.39 is 0 Å². The van der Waals surface area contributed by atoms with Crippen molar-refractivity contribution in [3.63, 3.8) is 0 Å². The number of nitrogens with zero attached hydrogens (tertiary/aromatic N) is 1. The van der Waals surface area contributed by atoms with Crippen molar-refractivity contribution in [2.45, 2.75) is 119 Å². The van der Waals surface area contributed by atoms with Gasteiger partial charge < -0.3 is 0 Å². The van der Waals surface area contributed by atoms with E-state index in [-0.39, 0.29) is 21.7 Å². The first-order valence-electron chi connectivity index (χ1n) is 15.1. The fourth-order valence-corrected chi connectivity index (χ4v) is 6.50. The third-order valence-electron chi connectivity index (χ3n) is 8.45. The summed E-state index contributed by atoms with van der Waals surface area (Å²) in [6.07, 6.45) is 0. The Bertz CT molecular complexity index is 1480. The monoisotopic (exact) mass is 566 g/mol. The summed E-state index contributed by atoms with van der Waals surface area (Å²) in [5, 5.41) is 0. The fraction of sp³-hybridized carbons (Fsp3) is 0.462. The maximum atomic E-state index is 2.47. The highest BCUT2D eigenvalue weighted by molar-refractivity contribution is 7.09. The Morgan fingerprint density at radius 2 is 0.927 bits per heavy atom. The standard InChI is InChI=1S/C39H52NS/c1-25-26(2)41-24-40(25)35-29(31-22-27(36(3,4)5)18-20-33(31)38(9,10)11)16-15-17-30(35)32-23-28(37(6,7)8)19-21-34(32)39(12,13)14/h15-24H,1-14H3/q+1. The van der Waals surface area contributed by atoms with Crippen molar-refractivity contribution >= 4 is 11.3 Å². The van der Waals surface area contributed by atoms with Crippen LogP contribution in [-0.4, -0.2) is 0 Å². The summed E-state index contributed by atoms with van der Waals surface area (Å²) >= 11 is 1.83. The minimum atomic E-state index is 0.00597. The molecular formula is C39H52NS+. The molecule has 0 fully saturated rings. The Hall–Kier alpha value is -2.71. The van der Waals surface area contributed by atoms with E-state index in [4.69, 9.17) is 0 Å². The molecule has 4 rings (SSSR count). The highest BCUT2D eigenvalue weighted by atomic mass is 32.1. The van der Waals surface area contributed by atoms with Crippen molar-refractivity contribution in [3.05, 3.63) is 92.9 Å². The predicted molar refractivity (Wildman–Crippen MR) is 181 cm³/mol. The molecule has 2 heteroatoms. The van der Waals surface area contributed by atoms with E-state index in [0.29, 0.717) is 0 Å². The van der Waals surface area contributed by atoms with Gasteiger partial charge in [0.05, 0.1) is 16.0 Å². The Balaban J connectivity index is 2.22. The van der Waals surface area contributed by atoms with E-state index in [9.17, 15) is 0 Å². The first-order valence-corrected chi connectivity index (χ1v) is 16.0. The van der Waals surface area contributed by atoms with Gasteiger partial charge in [0.1, 0.15) is 0 Å². The molecule has 0 spiro atoms. The lowest BCUT2D eigenvalue weighted by atomic mass is 9.75. The molecule has 1 aromatic heterocycles. The number of aromatic nitrogens is 1. The van der Waals surface area contributed by atoms with E-state index in [1.807, 2.05) is 11.3 Å². The van der Waals surface area contributed by atoms with Gasteiger partial charge in [-0.3, -0.25) is 0 Å². The van der Waals surface area contributed by atoms with Crippen LogP contribution in [0.5, 0.6) is 0 Å². The van der Waals surface area contributed by atoms with Crippen LogP contribution in [-0.2, 0) is 21.7 Å². The van der Waals surface area contributed by atoms with Gasteiger partial charge in [-0.1, -0.05) is 137 Å². The zero-order chi connectivity index (χ0) is 30.7. The lowest BCUT2D eigenvalue weighted by Gasteiger charge is -2.29. The molecular weight excluding hydrogens is 515 g/mol. The second-order valence-electron chi connectivity index (χ2n) is 16.0. The number of hydrogen-bond acceptors (Lipinski definition) is 1. The molecule has 0 unspecified atom stereocenters. The van der Waals surface area contributed by atoms with E-state index in [2.05, 4.69) is 162 Å². The van der Waals surface area contributed by atoms with Gasteiger partial charge in [0.25, 0.3) is 0 Å². The van der Waals surface area contributed by atoms with Crippen molar-refractivity contribution in [2.75, 3.05) is 0 Å². The first-order chi connectivity index (χ1) is 18.7. The highest BCUT2D eigenvalue weighted by Gasteiger charge is 2.32. The Labute approximate surface area is 254 Å². The van der Waals surface area contributed by atoms with Gasteiger partial charge in [-0.2, -0.15) is 4.57 Å². The SMILES string of the molecule is Cc1sc[n+](-c2c(-c3cc(C(C)(C)C)ccc3C(C)(C)C)cccc2-c2cc(C(C)(C)C)ccc2C(C)(C)C)c1C. The molecule has 1 heterocycles. The van der Waals surface area contributed by atoms with Gasteiger partial charge in [0.2, 0.25) is 11.2 Å². The molecule has 0 atom stereocenters. The van der Waals surface area contributed by atoms with E-state index in [1.165, 1.54) is 60.8 Å². The molecule has 3 aromatic carbocycles. The molecule has 0 saturated heterocycles. The third kappa shape index (κ3) is 6.24. The highest BCUT2D eigenvalue weighted by Crippen LogP contribution is 2.44. The van der Waals surface area contributed by atoms with Crippen LogP contribution in [0.15, 0.2) is 60.1 Å². The summed E-state index contributed by atoms with van der Waals surface area (Å²) in [6.45, 7) is 32.4. The van der Waals surface area contributed by atoms with Gasteiger partial charge >= 0.3 is 0 Å². The van der Waals surface area contributed by atoms with Gasteiger partial charge in [-0.25, -0.2) is 0 Å². The average Bonchev–Trinajstić information content (AvgIpc) is 3.18. The van der Waals surface area contributed by atoms with Crippen LogP contribution < -0.4 is 4.57 Å². The number of para-hydroxylation sites is 1. The van der Waals surface area contributed by atoms with E-state index in [0.717, 1.165) is 0 Å². The molecule has 0 aliphatic carbocycles. The Morgan fingerprint density at radius 3 is 1.24 bits per heavy atom. The molecule has 0 N–H and O–H groups in total. The summed E-state index contributed by atoms with van der Waals surface area (Å²) in [5.74, 6) is 0. The third-order valence-corrected chi connectivity index (χ3v) is 9.42. The van der Waals surface area contributed by atoms with E-state index >= 15 is 0 Å². The zero-order valence-corrected chi connectivity index (χ0v) is 28.9. The van der Waals surface area contributed by atoms with Crippen LogP contribution in [0.2, 0.25) is 0 Å². The van der Waals surface area contributed by atoms with Gasteiger partial charge in [-0.15, -0.1) is 0 Å². The molecule has 218 valence electrons. The fourth-order valence-electron chi connectivity index (χ4n) is 5.70. The zero-order valence-electron chi connectivity index (χ0n) is 28.1. The van der Waals surface area contributed by atoms with Crippen LogP contribution in [0.25, 0.3) is 27.9 Å². The number of hydrogen-bond donors (Lipinski definition) is 0. The van der Waals surface area contributed by atoms with Crippen LogP contribution in [0, 0.1) is 13.8 Å². The van der Waals surface area contributed by atoms with Crippen LogP contribution in [0.4, 0.5) is 0 Å². The first kappa shape index (κ1) is 31.2. The molecule has 1 nitrogen and oxygen atoms in total. The quantitative estimate of drug-likeness (QED) is 0.217. The van der Waals surface area contributed by atoms with Crippen LogP contribution in [0.1, 0.15) is 116 Å². The largest absolute Gasteiger partial charge is 0.231 e. The minimum Gasteiger partial charge on any atom is -0.153 e. The molecule has 4 aromatic rings. The van der Waals surface area contributed by atoms with Crippen LogP contribution >= 0.6 is 11.3 Å². The average molecular weight is 567 g/mol. The normalized spacial score (nSPS) is 13.1. The molecule has 0 saturated carbocycles. The molecule has 41 heavy (non-hydrogen) atoms. The molecule has 0 bridgehead atoms. The minimum absolute atomic E-state index is 0.00597. The lowest BCUT2D eigenvalue weighted by molar-refractivity contribution is -0.596. The van der Waals surface area contributed by atoms with Gasteiger partial charge in [0, 0.05) is 6.92 Å². The summed E-state index contributed by atoms with van der Waals surface area (Å²) in [5.41, 5.74) is 15.8. The number of thiazole rings is 1. The van der Waals surface area contributed by atoms with Crippen molar-refractivity contribution in [3.8, 4) is 27.9 Å². The second kappa shape index (κ2) is 10.5. The molecule has 0 radical (unpaired) electrons. The molecule has 0 aliphatic heterocycles. The van der Waals surface area contributed by atoms with E-state index in [1.54, 1.807) is 0 Å². The predicted octanol–water partition coefficient (Wildman–Crippen LogP) is 11.2. The summed E-state index contributed by atoms with van der Waals surface area (Å²) in [7, 11) is 0. The van der Waals surface area contributed by atoms with Crippen molar-refractivity contribution in [1.82, 2.24) is 0 Å². The maximum absolute atomic E-state index is 2.47. The maximum Gasteiger partial charge on any atom is 0.231 e. The van der Waals surface area contributed by atoms with Crippen LogP contribution in [0.3, 0.4) is 0 Å². The molecule has 0 aliphatic rings. The summed E-state index contributed by atoms with van der Waals surface area (Å²) < 4.78 is 2.46. The van der Waals surface area contributed by atoms with Crippen molar-refractivity contribution < 1.29 is 4.57 Å².